The van der Waals surface area contributed by atoms with E-state index in [0.29, 0.717) is 31.1 Å². The van der Waals surface area contributed by atoms with Crippen LogP contribution in [0.4, 0.5) is 11.4 Å². The van der Waals surface area contributed by atoms with E-state index < -0.39 is 22.0 Å². The van der Waals surface area contributed by atoms with E-state index >= 15 is 0 Å². The van der Waals surface area contributed by atoms with Crippen LogP contribution in [0.25, 0.3) is 6.08 Å². The number of carbonyl (C=O) groups is 2. The van der Waals surface area contributed by atoms with Gasteiger partial charge in [-0.1, -0.05) is 47.6 Å². The molecule has 3 aromatic carbocycles. The maximum Gasteiger partial charge on any atom is 0.368 e. The smallest absolute Gasteiger partial charge is 0.368 e. The van der Waals surface area contributed by atoms with Crippen molar-refractivity contribution in [3.8, 4) is 0 Å². The quantitative estimate of drug-likeness (QED) is 0.110. The molecule has 1 heterocycles. The molecule has 12 heteroatoms. The number of anilines is 2. The molecule has 11 nitrogen and oxygen atoms in total. The minimum absolute atomic E-state index is 0.0203. The molecule has 0 saturated heterocycles. The van der Waals surface area contributed by atoms with E-state index in [1.165, 1.54) is 24.3 Å². The molecule has 1 aliphatic rings. The summed E-state index contributed by atoms with van der Waals surface area (Å²) >= 11 is 0. The van der Waals surface area contributed by atoms with Crippen molar-refractivity contribution in [2.24, 2.45) is 5.16 Å². The highest BCUT2D eigenvalue weighted by Gasteiger charge is 2.26. The Balaban J connectivity index is 1.37. The number of nitrogens with zero attached hydrogens (tertiary/aromatic N) is 2. The normalized spacial score (nSPS) is 14.0. The van der Waals surface area contributed by atoms with Gasteiger partial charge in [-0.3, -0.25) is 4.72 Å². The average Bonchev–Trinajstić information content (AvgIpc) is 3.40. The number of allylic oxidation sites excluding steroid dienone is 2. The first-order chi connectivity index (χ1) is 21.7. The van der Waals surface area contributed by atoms with Gasteiger partial charge in [-0.2, -0.15) is 0 Å². The van der Waals surface area contributed by atoms with E-state index in [1.54, 1.807) is 36.4 Å². The Morgan fingerprint density at radius 1 is 0.956 bits per heavy atom. The Morgan fingerprint density at radius 2 is 1.67 bits per heavy atom. The van der Waals surface area contributed by atoms with Gasteiger partial charge < -0.3 is 23.9 Å². The Morgan fingerprint density at radius 3 is 2.38 bits per heavy atom. The summed E-state index contributed by atoms with van der Waals surface area (Å²) in [6, 6.07) is 19.8. The van der Waals surface area contributed by atoms with Crippen LogP contribution in [0.2, 0.25) is 0 Å². The molecular weight excluding hydrogens is 598 g/mol. The summed E-state index contributed by atoms with van der Waals surface area (Å²) in [7, 11) is -0.100. The van der Waals surface area contributed by atoms with Gasteiger partial charge in [0.2, 0.25) is 0 Å². The summed E-state index contributed by atoms with van der Waals surface area (Å²) in [5.74, 6) is -1.25. The summed E-state index contributed by atoms with van der Waals surface area (Å²) in [6.07, 6.45) is 5.23. The topological polar surface area (TPSA) is 133 Å². The number of benzene rings is 3. The number of rotatable bonds is 15. The second kappa shape index (κ2) is 15.8. The summed E-state index contributed by atoms with van der Waals surface area (Å²) in [4.78, 5) is 31.6. The summed E-state index contributed by atoms with van der Waals surface area (Å²) in [5, 5.41) is 3.91. The minimum Gasteiger partial charge on any atom is -0.460 e. The van der Waals surface area contributed by atoms with Gasteiger partial charge >= 0.3 is 11.9 Å². The van der Waals surface area contributed by atoms with E-state index in [9.17, 15) is 18.0 Å². The molecule has 45 heavy (non-hydrogen) atoms. The van der Waals surface area contributed by atoms with Gasteiger partial charge in [0.1, 0.15) is 12.3 Å². The summed E-state index contributed by atoms with van der Waals surface area (Å²) < 4.78 is 44.3. The van der Waals surface area contributed by atoms with Crippen LogP contribution in [-0.2, 0) is 33.9 Å². The molecule has 0 saturated carbocycles. The molecule has 0 unspecified atom stereocenters. The number of hydrogen-bond acceptors (Lipinski definition) is 10. The van der Waals surface area contributed by atoms with Crippen molar-refractivity contribution in [3.63, 3.8) is 0 Å². The second-order valence-electron chi connectivity index (χ2n) is 9.90. The van der Waals surface area contributed by atoms with Gasteiger partial charge in [0, 0.05) is 37.6 Å². The Kier molecular flexibility index (Phi) is 11.6. The Bertz CT molecular complexity index is 1680. The van der Waals surface area contributed by atoms with Gasteiger partial charge in [0.25, 0.3) is 10.0 Å². The molecule has 0 fully saturated rings. The lowest BCUT2D eigenvalue weighted by Gasteiger charge is -2.11. The number of carbonyl (C=O) groups excluding carboxylic acids is 2. The first-order valence-electron chi connectivity index (χ1n) is 14.2. The zero-order chi connectivity index (χ0) is 32.2. The van der Waals surface area contributed by atoms with E-state index in [0.717, 1.165) is 11.3 Å². The highest BCUT2D eigenvalue weighted by atomic mass is 32.2. The maximum absolute atomic E-state index is 13.1. The van der Waals surface area contributed by atoms with Crippen LogP contribution >= 0.6 is 0 Å². The van der Waals surface area contributed by atoms with E-state index in [4.69, 9.17) is 19.0 Å². The van der Waals surface area contributed by atoms with Crippen LogP contribution in [-0.4, -0.2) is 73.2 Å². The van der Waals surface area contributed by atoms with Gasteiger partial charge in [-0.15, -0.1) is 0 Å². The predicted octanol–water partition coefficient (Wildman–Crippen LogP) is 4.66. The lowest BCUT2D eigenvalue weighted by atomic mass is 10.0. The molecule has 1 N–H and O–H groups in total. The Hall–Kier alpha value is -4.78. The SMILES string of the molecule is CCOCCOCCOC(=O)c1cccc(S(=O)(=O)Nc2ccc(C3=NOC(=O)C3=C/C=C/c3ccc(N(C)C)cc3)cc2)c1. The van der Waals surface area contributed by atoms with Gasteiger partial charge in [0.05, 0.1) is 35.9 Å². The molecule has 0 spiro atoms. The minimum atomic E-state index is -4.03. The predicted molar refractivity (Wildman–Crippen MR) is 172 cm³/mol. The van der Waals surface area contributed by atoms with Crippen molar-refractivity contribution in [2.45, 2.75) is 11.8 Å². The third-order valence-corrected chi connectivity index (χ3v) is 7.86. The lowest BCUT2D eigenvalue weighted by Crippen LogP contribution is -2.15. The van der Waals surface area contributed by atoms with Crippen molar-refractivity contribution in [2.75, 3.05) is 56.8 Å². The first-order valence-corrected chi connectivity index (χ1v) is 15.7. The van der Waals surface area contributed by atoms with Crippen molar-refractivity contribution >= 4 is 45.1 Å². The average molecular weight is 634 g/mol. The van der Waals surface area contributed by atoms with Gasteiger partial charge in [-0.25, -0.2) is 18.0 Å². The van der Waals surface area contributed by atoms with Crippen molar-refractivity contribution in [3.05, 3.63) is 107 Å². The highest BCUT2D eigenvalue weighted by Crippen LogP contribution is 2.23. The molecule has 0 amide bonds. The molecule has 3 aromatic rings. The molecular formula is C33H35N3O8S. The molecule has 1 aliphatic heterocycles. The van der Waals surface area contributed by atoms with Crippen LogP contribution in [0.5, 0.6) is 0 Å². The van der Waals surface area contributed by atoms with E-state index in [1.807, 2.05) is 56.3 Å². The van der Waals surface area contributed by atoms with Crippen molar-refractivity contribution in [1.82, 2.24) is 0 Å². The summed E-state index contributed by atoms with van der Waals surface area (Å²) in [6.45, 7) is 3.53. The third-order valence-electron chi connectivity index (χ3n) is 6.48. The number of esters is 1. The number of ether oxygens (including phenoxy) is 3. The van der Waals surface area contributed by atoms with Crippen LogP contribution in [0.1, 0.15) is 28.4 Å². The summed E-state index contributed by atoms with van der Waals surface area (Å²) in [5.41, 5.74) is 3.55. The first kappa shape index (κ1) is 33.1. The molecule has 0 aromatic heterocycles. The number of sulfonamides is 1. The molecule has 0 atom stereocenters. The van der Waals surface area contributed by atoms with E-state index in [2.05, 4.69) is 9.88 Å². The molecule has 0 bridgehead atoms. The fraction of sp³-hybridized carbons (Fsp3) is 0.242. The number of hydrogen-bond donors (Lipinski definition) is 1. The third kappa shape index (κ3) is 9.35. The molecule has 236 valence electrons. The highest BCUT2D eigenvalue weighted by molar-refractivity contribution is 7.92. The fourth-order valence-corrected chi connectivity index (χ4v) is 5.22. The Labute approximate surface area is 262 Å². The monoisotopic (exact) mass is 633 g/mol. The standard InChI is InChI=1S/C33H35N3O8S/c1-4-41-19-20-42-21-22-43-32(37)26-8-6-9-29(23-26)45(39,40)35-27-15-13-25(14-16-27)31-30(33(38)44-34-31)10-5-7-24-11-17-28(18-12-24)36(2)3/h5-18,23,35H,4,19-22H2,1-3H3/b7-5+,30-10?. The van der Waals surface area contributed by atoms with Crippen LogP contribution in [0.15, 0.2) is 101 Å². The van der Waals surface area contributed by atoms with Gasteiger partial charge in [0.15, 0.2) is 0 Å². The second-order valence-corrected chi connectivity index (χ2v) is 11.6. The van der Waals surface area contributed by atoms with Crippen molar-refractivity contribution in [1.29, 1.82) is 0 Å². The number of nitrogens with one attached hydrogen (secondary N) is 1. The zero-order valence-electron chi connectivity index (χ0n) is 25.3. The maximum atomic E-state index is 13.1. The number of oxime groups is 1. The lowest BCUT2D eigenvalue weighted by molar-refractivity contribution is -0.136. The molecule has 0 radical (unpaired) electrons. The van der Waals surface area contributed by atoms with Crippen LogP contribution in [0.3, 0.4) is 0 Å². The molecule has 0 aliphatic carbocycles. The van der Waals surface area contributed by atoms with Crippen LogP contribution in [0, 0.1) is 0 Å². The fourth-order valence-electron chi connectivity index (χ4n) is 4.12. The zero-order valence-corrected chi connectivity index (χ0v) is 26.1. The van der Waals surface area contributed by atoms with Crippen molar-refractivity contribution < 1.29 is 37.1 Å². The van der Waals surface area contributed by atoms with E-state index in [-0.39, 0.29) is 34.9 Å². The molecule has 4 rings (SSSR count). The van der Waals surface area contributed by atoms with Crippen LogP contribution < -0.4 is 9.62 Å². The van der Waals surface area contributed by atoms with Gasteiger partial charge in [-0.05, 0) is 61.0 Å². The largest absolute Gasteiger partial charge is 0.460 e.